The summed E-state index contributed by atoms with van der Waals surface area (Å²) in [7, 11) is 0. The van der Waals surface area contributed by atoms with Gasteiger partial charge in [0, 0.05) is 30.1 Å². The lowest BCUT2D eigenvalue weighted by Gasteiger charge is -2.20. The number of rotatable bonds is 3. The van der Waals surface area contributed by atoms with Crippen LogP contribution in [0.25, 0.3) is 22.3 Å². The predicted molar refractivity (Wildman–Crippen MR) is 105 cm³/mol. The predicted octanol–water partition coefficient (Wildman–Crippen LogP) is 4.19. The number of hydrogen-bond donors (Lipinski definition) is 1. The number of anilines is 1. The van der Waals surface area contributed by atoms with E-state index in [9.17, 15) is 13.6 Å². The van der Waals surface area contributed by atoms with Crippen molar-refractivity contribution in [3.8, 4) is 11.4 Å². The van der Waals surface area contributed by atoms with E-state index in [0.717, 1.165) is 6.42 Å². The zero-order chi connectivity index (χ0) is 20.7. The van der Waals surface area contributed by atoms with Gasteiger partial charge in [-0.15, -0.1) is 0 Å². The lowest BCUT2D eigenvalue weighted by atomic mass is 10.0. The molecule has 1 amide bonds. The van der Waals surface area contributed by atoms with Crippen molar-refractivity contribution < 1.29 is 18.1 Å². The number of H-pyrrole nitrogens is 1. The molecule has 1 fully saturated rings. The topological polar surface area (TPSA) is 87.9 Å². The van der Waals surface area contributed by atoms with E-state index < -0.39 is 0 Å². The summed E-state index contributed by atoms with van der Waals surface area (Å²) >= 11 is 0. The molecule has 2 aromatic carbocycles. The van der Waals surface area contributed by atoms with Crippen molar-refractivity contribution in [2.45, 2.75) is 25.2 Å². The second kappa shape index (κ2) is 7.33. The molecule has 1 aliphatic rings. The number of aromatic nitrogens is 4. The van der Waals surface area contributed by atoms with Crippen molar-refractivity contribution in [1.82, 2.24) is 20.3 Å². The molecular formula is C21H17F2N5O2. The Morgan fingerprint density at radius 3 is 2.80 bits per heavy atom. The highest BCUT2D eigenvalue weighted by Gasteiger charge is 2.29. The fraction of sp³-hybridized carbons (Fsp3) is 0.238. The van der Waals surface area contributed by atoms with Crippen LogP contribution in [0.3, 0.4) is 0 Å². The SMILES string of the molecule is O=C1C[C@@H](c2nc(-c3ccc(F)c4cn[nH]c34)no2)CCCN1c1ccc(F)cc1. The van der Waals surface area contributed by atoms with Gasteiger partial charge in [0.1, 0.15) is 11.6 Å². The molecule has 1 atom stereocenters. The van der Waals surface area contributed by atoms with E-state index in [1.807, 2.05) is 0 Å². The second-order valence-electron chi connectivity index (χ2n) is 7.27. The highest BCUT2D eigenvalue weighted by atomic mass is 19.1. The van der Waals surface area contributed by atoms with Gasteiger partial charge in [-0.2, -0.15) is 10.1 Å². The molecule has 0 radical (unpaired) electrons. The summed E-state index contributed by atoms with van der Waals surface area (Å²) in [4.78, 5) is 19.0. The Morgan fingerprint density at radius 1 is 1.13 bits per heavy atom. The molecule has 152 valence electrons. The van der Waals surface area contributed by atoms with E-state index in [0.29, 0.717) is 46.8 Å². The largest absolute Gasteiger partial charge is 0.339 e. The van der Waals surface area contributed by atoms with Crippen molar-refractivity contribution in [2.24, 2.45) is 0 Å². The zero-order valence-electron chi connectivity index (χ0n) is 15.8. The minimum atomic E-state index is -0.388. The van der Waals surface area contributed by atoms with E-state index in [4.69, 9.17) is 4.52 Å². The summed E-state index contributed by atoms with van der Waals surface area (Å²) in [6.45, 7) is 0.536. The molecule has 4 aromatic rings. The number of carbonyl (C=O) groups excluding carboxylic acids is 1. The number of amides is 1. The number of nitrogens with zero attached hydrogens (tertiary/aromatic N) is 4. The Balaban J connectivity index is 1.40. The minimum absolute atomic E-state index is 0.0819. The van der Waals surface area contributed by atoms with Gasteiger partial charge in [0.15, 0.2) is 0 Å². The third-order valence-electron chi connectivity index (χ3n) is 5.39. The lowest BCUT2D eigenvalue weighted by Crippen LogP contribution is -2.30. The first-order valence-electron chi connectivity index (χ1n) is 9.61. The fourth-order valence-corrected chi connectivity index (χ4v) is 3.85. The highest BCUT2D eigenvalue weighted by molar-refractivity contribution is 5.94. The average molecular weight is 409 g/mol. The summed E-state index contributed by atoms with van der Waals surface area (Å²) in [6.07, 6.45) is 3.06. The van der Waals surface area contributed by atoms with Crippen LogP contribution < -0.4 is 4.90 Å². The van der Waals surface area contributed by atoms with Gasteiger partial charge >= 0.3 is 0 Å². The molecule has 7 nitrogen and oxygen atoms in total. The van der Waals surface area contributed by atoms with Crippen molar-refractivity contribution >= 4 is 22.5 Å². The smallest absolute Gasteiger partial charge is 0.230 e. The summed E-state index contributed by atoms with van der Waals surface area (Å²) in [5.74, 6) is -0.350. The fourth-order valence-electron chi connectivity index (χ4n) is 3.85. The zero-order valence-corrected chi connectivity index (χ0v) is 15.8. The summed E-state index contributed by atoms with van der Waals surface area (Å²) in [5.41, 5.74) is 1.73. The van der Waals surface area contributed by atoms with Crippen LogP contribution in [0.5, 0.6) is 0 Å². The van der Waals surface area contributed by atoms with Crippen molar-refractivity contribution in [1.29, 1.82) is 0 Å². The number of nitrogens with one attached hydrogen (secondary N) is 1. The Kier molecular flexibility index (Phi) is 4.50. The molecule has 30 heavy (non-hydrogen) atoms. The molecule has 0 saturated carbocycles. The molecule has 0 unspecified atom stereocenters. The van der Waals surface area contributed by atoms with Crippen LogP contribution in [0.4, 0.5) is 14.5 Å². The molecule has 9 heteroatoms. The first-order valence-corrected chi connectivity index (χ1v) is 9.61. The van der Waals surface area contributed by atoms with Crippen LogP contribution in [0.15, 0.2) is 47.1 Å². The molecule has 1 N–H and O–H groups in total. The molecule has 0 spiro atoms. The Labute approximate surface area is 169 Å². The molecule has 2 aromatic heterocycles. The van der Waals surface area contributed by atoms with Crippen LogP contribution in [0.2, 0.25) is 0 Å². The lowest BCUT2D eigenvalue weighted by molar-refractivity contribution is -0.118. The minimum Gasteiger partial charge on any atom is -0.339 e. The first-order chi connectivity index (χ1) is 14.6. The Morgan fingerprint density at radius 2 is 1.97 bits per heavy atom. The van der Waals surface area contributed by atoms with Crippen LogP contribution in [0, 0.1) is 11.6 Å². The maximum absolute atomic E-state index is 13.9. The highest BCUT2D eigenvalue weighted by Crippen LogP contribution is 2.32. The Bertz CT molecular complexity index is 1220. The van der Waals surface area contributed by atoms with Crippen LogP contribution >= 0.6 is 0 Å². The van der Waals surface area contributed by atoms with Crippen molar-refractivity contribution in [3.63, 3.8) is 0 Å². The standard InChI is InChI=1S/C21H17F2N5O2/c22-13-3-5-14(6-4-13)28-9-1-2-12(10-18(28)29)21-25-20(27-30-21)15-7-8-17(23)16-11-24-26-19(15)16/h3-8,11-12H,1-2,9-10H2,(H,24,26)/t12-/m0/s1. The van der Waals surface area contributed by atoms with Crippen LogP contribution in [-0.4, -0.2) is 32.8 Å². The monoisotopic (exact) mass is 409 g/mol. The van der Waals surface area contributed by atoms with E-state index >= 15 is 0 Å². The van der Waals surface area contributed by atoms with Gasteiger partial charge in [0.25, 0.3) is 0 Å². The van der Waals surface area contributed by atoms with Gasteiger partial charge in [0.05, 0.1) is 17.1 Å². The van der Waals surface area contributed by atoms with Gasteiger partial charge in [-0.3, -0.25) is 9.89 Å². The van der Waals surface area contributed by atoms with E-state index in [1.165, 1.54) is 24.4 Å². The maximum atomic E-state index is 13.9. The quantitative estimate of drug-likeness (QED) is 0.548. The average Bonchev–Trinajstić information content (AvgIpc) is 3.38. The normalized spacial score (nSPS) is 17.5. The number of fused-ring (bicyclic) bond motifs is 1. The van der Waals surface area contributed by atoms with Crippen molar-refractivity contribution in [2.75, 3.05) is 11.4 Å². The maximum Gasteiger partial charge on any atom is 0.230 e. The van der Waals surface area contributed by atoms with Crippen molar-refractivity contribution in [3.05, 3.63) is 60.1 Å². The molecule has 0 aliphatic carbocycles. The van der Waals surface area contributed by atoms with Gasteiger partial charge in [-0.25, -0.2) is 8.78 Å². The first kappa shape index (κ1) is 18.4. The van der Waals surface area contributed by atoms with Gasteiger partial charge < -0.3 is 9.42 Å². The van der Waals surface area contributed by atoms with Crippen LogP contribution in [-0.2, 0) is 4.79 Å². The molecule has 1 aliphatic heterocycles. The third kappa shape index (κ3) is 3.22. The number of carbonyl (C=O) groups is 1. The van der Waals surface area contributed by atoms with E-state index in [1.54, 1.807) is 23.1 Å². The number of halogens is 2. The van der Waals surface area contributed by atoms with E-state index in [-0.39, 0.29) is 29.9 Å². The van der Waals surface area contributed by atoms with Crippen LogP contribution in [0.1, 0.15) is 31.1 Å². The number of hydrogen-bond acceptors (Lipinski definition) is 5. The summed E-state index contributed by atoms with van der Waals surface area (Å²) < 4.78 is 32.6. The number of benzene rings is 2. The van der Waals surface area contributed by atoms with Gasteiger partial charge in [-0.1, -0.05) is 5.16 Å². The second-order valence-corrected chi connectivity index (χ2v) is 7.27. The van der Waals surface area contributed by atoms with Gasteiger partial charge in [-0.05, 0) is 49.2 Å². The Hall–Kier alpha value is -3.62. The number of aromatic amines is 1. The summed E-state index contributed by atoms with van der Waals surface area (Å²) in [6, 6.07) is 8.78. The molecular weight excluding hydrogens is 392 g/mol. The molecule has 3 heterocycles. The summed E-state index contributed by atoms with van der Waals surface area (Å²) in [5, 5.41) is 11.0. The molecule has 1 saturated heterocycles. The third-order valence-corrected chi connectivity index (χ3v) is 5.39. The van der Waals surface area contributed by atoms with E-state index in [2.05, 4.69) is 20.3 Å². The molecule has 5 rings (SSSR count). The molecule has 0 bridgehead atoms. The van der Waals surface area contributed by atoms with Gasteiger partial charge in [0.2, 0.25) is 17.6 Å².